The van der Waals surface area contributed by atoms with E-state index in [0.717, 1.165) is 16.9 Å². The quantitative estimate of drug-likeness (QED) is 0.777. The fourth-order valence-corrected chi connectivity index (χ4v) is 2.15. The second kappa shape index (κ2) is 6.35. The van der Waals surface area contributed by atoms with Crippen LogP contribution in [-0.2, 0) is 0 Å². The van der Waals surface area contributed by atoms with Crippen molar-refractivity contribution in [1.82, 2.24) is 10.3 Å². The maximum absolute atomic E-state index is 12.0. The molecule has 7 heteroatoms. The van der Waals surface area contributed by atoms with Crippen LogP contribution in [0.1, 0.15) is 23.0 Å². The number of furan rings is 1. The number of ether oxygens (including phenoxy) is 1. The van der Waals surface area contributed by atoms with Gasteiger partial charge >= 0.3 is 0 Å². The van der Waals surface area contributed by atoms with Crippen molar-refractivity contribution in [1.29, 1.82) is 0 Å². The third-order valence-electron chi connectivity index (χ3n) is 3.21. The molecule has 23 heavy (non-hydrogen) atoms. The first kappa shape index (κ1) is 14.8. The third-order valence-corrected chi connectivity index (χ3v) is 3.21. The Hall–Kier alpha value is -3.09. The standard InChI is InChI=1S/C16H15N3O4/c1-3-21-12-7-6-11(9-10(12)2)14-15(19-23-18-14)17-16(20)13-5-4-8-22-13/h4-9H,3H2,1-2H3,(H,17,19,20). The highest BCUT2D eigenvalue weighted by Gasteiger charge is 2.18. The van der Waals surface area contributed by atoms with Gasteiger partial charge in [0.25, 0.3) is 5.91 Å². The molecule has 0 fully saturated rings. The number of aryl methyl sites for hydroxylation is 1. The van der Waals surface area contributed by atoms with Crippen LogP contribution in [0.4, 0.5) is 5.82 Å². The number of aromatic nitrogens is 2. The molecule has 0 atom stereocenters. The molecule has 1 N–H and O–H groups in total. The minimum Gasteiger partial charge on any atom is -0.494 e. The number of nitrogens with one attached hydrogen (secondary N) is 1. The number of carbonyl (C=O) groups is 1. The summed E-state index contributed by atoms with van der Waals surface area (Å²) in [5, 5.41) is 10.2. The van der Waals surface area contributed by atoms with Crippen molar-refractivity contribution < 1.29 is 18.6 Å². The average Bonchev–Trinajstić information content (AvgIpc) is 3.20. The Balaban J connectivity index is 1.86. The third kappa shape index (κ3) is 3.08. The molecule has 0 aliphatic carbocycles. The van der Waals surface area contributed by atoms with Crippen molar-refractivity contribution in [3.05, 3.63) is 47.9 Å². The second-order valence-electron chi connectivity index (χ2n) is 4.81. The molecule has 0 radical (unpaired) electrons. The van der Waals surface area contributed by atoms with Crippen molar-refractivity contribution >= 4 is 11.7 Å². The Morgan fingerprint density at radius 1 is 1.30 bits per heavy atom. The predicted molar refractivity (Wildman–Crippen MR) is 82.3 cm³/mol. The van der Waals surface area contributed by atoms with Crippen LogP contribution in [0.15, 0.2) is 45.6 Å². The van der Waals surface area contributed by atoms with Gasteiger partial charge in [0, 0.05) is 5.56 Å². The Labute approximate surface area is 132 Å². The summed E-state index contributed by atoms with van der Waals surface area (Å²) in [5.74, 6) is 0.792. The molecule has 2 heterocycles. The number of benzene rings is 1. The normalized spacial score (nSPS) is 10.5. The summed E-state index contributed by atoms with van der Waals surface area (Å²) in [7, 11) is 0. The zero-order valence-electron chi connectivity index (χ0n) is 12.7. The van der Waals surface area contributed by atoms with Crippen molar-refractivity contribution in [2.45, 2.75) is 13.8 Å². The molecule has 0 aliphatic rings. The first-order chi connectivity index (χ1) is 11.2. The van der Waals surface area contributed by atoms with Gasteiger partial charge in [-0.1, -0.05) is 0 Å². The van der Waals surface area contributed by atoms with Crippen LogP contribution in [0, 0.1) is 6.92 Å². The van der Waals surface area contributed by atoms with Gasteiger partial charge in [-0.2, -0.15) is 0 Å². The van der Waals surface area contributed by atoms with Crippen LogP contribution >= 0.6 is 0 Å². The summed E-state index contributed by atoms with van der Waals surface area (Å²) in [4.78, 5) is 12.0. The van der Waals surface area contributed by atoms with E-state index in [2.05, 4.69) is 15.6 Å². The van der Waals surface area contributed by atoms with E-state index in [9.17, 15) is 4.79 Å². The zero-order valence-corrected chi connectivity index (χ0v) is 12.7. The van der Waals surface area contributed by atoms with E-state index in [-0.39, 0.29) is 11.6 Å². The van der Waals surface area contributed by atoms with Gasteiger partial charge in [-0.05, 0) is 60.1 Å². The van der Waals surface area contributed by atoms with Gasteiger partial charge in [-0.3, -0.25) is 10.1 Å². The molecule has 0 unspecified atom stereocenters. The fourth-order valence-electron chi connectivity index (χ4n) is 2.15. The molecule has 1 aromatic carbocycles. The molecule has 118 valence electrons. The van der Waals surface area contributed by atoms with E-state index >= 15 is 0 Å². The number of carbonyl (C=O) groups excluding carboxylic acids is 1. The Bertz CT molecular complexity index is 809. The fraction of sp³-hybridized carbons (Fsp3) is 0.188. The van der Waals surface area contributed by atoms with E-state index in [1.54, 1.807) is 12.1 Å². The van der Waals surface area contributed by atoms with E-state index in [4.69, 9.17) is 13.8 Å². The summed E-state index contributed by atoms with van der Waals surface area (Å²) in [5.41, 5.74) is 2.16. The number of nitrogens with zero attached hydrogens (tertiary/aromatic N) is 2. The molecule has 2 aromatic heterocycles. The van der Waals surface area contributed by atoms with Crippen molar-refractivity contribution in [3.8, 4) is 17.0 Å². The Kier molecular flexibility index (Phi) is 4.09. The van der Waals surface area contributed by atoms with Crippen LogP contribution < -0.4 is 10.1 Å². The predicted octanol–water partition coefficient (Wildman–Crippen LogP) is 3.29. The maximum atomic E-state index is 12.0. The molecule has 0 saturated heterocycles. The minimum atomic E-state index is -0.422. The average molecular weight is 313 g/mol. The second-order valence-corrected chi connectivity index (χ2v) is 4.81. The largest absolute Gasteiger partial charge is 0.494 e. The Morgan fingerprint density at radius 3 is 2.87 bits per heavy atom. The number of amides is 1. The lowest BCUT2D eigenvalue weighted by Gasteiger charge is -2.08. The minimum absolute atomic E-state index is 0.182. The summed E-state index contributed by atoms with van der Waals surface area (Å²) in [6.07, 6.45) is 1.42. The van der Waals surface area contributed by atoms with Gasteiger partial charge in [-0.25, -0.2) is 4.63 Å². The molecule has 0 bridgehead atoms. The van der Waals surface area contributed by atoms with Crippen LogP contribution in [-0.4, -0.2) is 22.8 Å². The molecular formula is C16H15N3O4. The molecule has 0 aliphatic heterocycles. The van der Waals surface area contributed by atoms with E-state index in [1.807, 2.05) is 32.0 Å². The van der Waals surface area contributed by atoms with Crippen LogP contribution in [0.5, 0.6) is 5.75 Å². The molecule has 1 amide bonds. The highest BCUT2D eigenvalue weighted by atomic mass is 16.6. The summed E-state index contributed by atoms with van der Waals surface area (Å²) in [6, 6.07) is 8.77. The zero-order chi connectivity index (χ0) is 16.2. The highest BCUT2D eigenvalue weighted by molar-refractivity contribution is 6.03. The summed E-state index contributed by atoms with van der Waals surface area (Å²) < 4.78 is 15.3. The lowest BCUT2D eigenvalue weighted by atomic mass is 10.1. The summed E-state index contributed by atoms with van der Waals surface area (Å²) >= 11 is 0. The molecule has 3 aromatic rings. The first-order valence-electron chi connectivity index (χ1n) is 7.10. The first-order valence-corrected chi connectivity index (χ1v) is 7.10. The van der Waals surface area contributed by atoms with Gasteiger partial charge in [0.15, 0.2) is 11.5 Å². The smallest absolute Gasteiger partial charge is 0.292 e. The van der Waals surface area contributed by atoms with Crippen molar-refractivity contribution in [2.75, 3.05) is 11.9 Å². The van der Waals surface area contributed by atoms with Crippen LogP contribution in [0.3, 0.4) is 0 Å². The van der Waals surface area contributed by atoms with Gasteiger partial charge in [0.1, 0.15) is 5.75 Å². The Morgan fingerprint density at radius 2 is 2.17 bits per heavy atom. The molecule has 3 rings (SSSR count). The molecule has 7 nitrogen and oxygen atoms in total. The molecule has 0 saturated carbocycles. The topological polar surface area (TPSA) is 90.4 Å². The number of anilines is 1. The van der Waals surface area contributed by atoms with Gasteiger partial charge in [0.2, 0.25) is 5.82 Å². The SMILES string of the molecule is CCOc1ccc(-c2nonc2NC(=O)c2ccco2)cc1C. The van der Waals surface area contributed by atoms with Gasteiger partial charge in [0.05, 0.1) is 12.9 Å². The van der Waals surface area contributed by atoms with Crippen molar-refractivity contribution in [2.24, 2.45) is 0 Å². The molecule has 0 spiro atoms. The number of rotatable bonds is 5. The number of hydrogen-bond acceptors (Lipinski definition) is 6. The van der Waals surface area contributed by atoms with Gasteiger partial charge < -0.3 is 9.15 Å². The van der Waals surface area contributed by atoms with Crippen LogP contribution in [0.25, 0.3) is 11.3 Å². The lowest BCUT2D eigenvalue weighted by molar-refractivity contribution is 0.0995. The highest BCUT2D eigenvalue weighted by Crippen LogP contribution is 2.29. The molecular weight excluding hydrogens is 298 g/mol. The van der Waals surface area contributed by atoms with Gasteiger partial charge in [-0.15, -0.1) is 0 Å². The monoisotopic (exact) mass is 313 g/mol. The number of hydrogen-bond donors (Lipinski definition) is 1. The summed E-state index contributed by atoms with van der Waals surface area (Å²) in [6.45, 7) is 4.45. The lowest BCUT2D eigenvalue weighted by Crippen LogP contribution is -2.11. The van der Waals surface area contributed by atoms with E-state index < -0.39 is 5.91 Å². The maximum Gasteiger partial charge on any atom is 0.292 e. The van der Waals surface area contributed by atoms with Crippen molar-refractivity contribution in [3.63, 3.8) is 0 Å². The van der Waals surface area contributed by atoms with E-state index in [0.29, 0.717) is 12.3 Å². The van der Waals surface area contributed by atoms with Crippen LogP contribution in [0.2, 0.25) is 0 Å². The van der Waals surface area contributed by atoms with E-state index in [1.165, 1.54) is 6.26 Å².